The van der Waals surface area contributed by atoms with E-state index in [0.717, 1.165) is 46.0 Å². The first-order valence-electron chi connectivity index (χ1n) is 13.7. The molecule has 0 aliphatic heterocycles. The maximum Gasteiger partial charge on any atom is 0.0702 e. The van der Waals surface area contributed by atoms with Crippen LogP contribution in [0.3, 0.4) is 0 Å². The number of hydrogen-bond acceptors (Lipinski definition) is 3. The van der Waals surface area contributed by atoms with Crippen LogP contribution in [-0.4, -0.2) is 9.97 Å². The fourth-order valence-electron chi connectivity index (χ4n) is 4.87. The lowest BCUT2D eigenvalue weighted by Crippen LogP contribution is -2.10. The summed E-state index contributed by atoms with van der Waals surface area (Å²) in [5, 5.41) is 0. The van der Waals surface area contributed by atoms with Crippen LogP contribution >= 0.6 is 0 Å². The van der Waals surface area contributed by atoms with E-state index >= 15 is 0 Å². The number of hydrogen-bond donors (Lipinski definition) is 0. The average Bonchev–Trinajstić information content (AvgIpc) is 2.99. The van der Waals surface area contributed by atoms with Gasteiger partial charge in [-0.2, -0.15) is 0 Å². The molecule has 3 heteroatoms. The first-order valence-corrected chi connectivity index (χ1v) is 13.7. The molecule has 190 valence electrons. The summed E-state index contributed by atoms with van der Waals surface area (Å²) in [6.45, 7) is 2.27. The van der Waals surface area contributed by atoms with Crippen LogP contribution in [0.1, 0.15) is 44.6 Å². The number of benzene rings is 3. The second-order valence-electron chi connectivity index (χ2n) is 9.70. The van der Waals surface area contributed by atoms with Crippen molar-refractivity contribution in [1.82, 2.24) is 9.97 Å². The Kier molecular flexibility index (Phi) is 8.58. The van der Waals surface area contributed by atoms with E-state index in [-0.39, 0.29) is 0 Å². The van der Waals surface area contributed by atoms with Gasteiger partial charge in [-0.15, -0.1) is 0 Å². The Morgan fingerprint density at radius 3 is 1.63 bits per heavy atom. The van der Waals surface area contributed by atoms with Gasteiger partial charge in [0.1, 0.15) is 0 Å². The molecule has 0 aliphatic rings. The normalized spacial score (nSPS) is 10.9. The number of aromatic nitrogens is 2. The molecule has 0 aliphatic carbocycles. The van der Waals surface area contributed by atoms with Crippen LogP contribution in [0.25, 0.3) is 22.5 Å². The molecular weight excluding hydrogens is 462 g/mol. The molecule has 5 aromatic rings. The van der Waals surface area contributed by atoms with E-state index < -0.39 is 0 Å². The fourth-order valence-corrected chi connectivity index (χ4v) is 4.87. The van der Waals surface area contributed by atoms with Crippen LogP contribution in [0.2, 0.25) is 0 Å². The molecule has 5 rings (SSSR count). The molecule has 0 unspecified atom stereocenters. The summed E-state index contributed by atoms with van der Waals surface area (Å²) in [6.07, 6.45) is 11.3. The van der Waals surface area contributed by atoms with E-state index in [1.54, 1.807) is 0 Å². The van der Waals surface area contributed by atoms with Crippen LogP contribution in [0.15, 0.2) is 122 Å². The molecular formula is C35H35N3. The molecule has 0 spiro atoms. The summed E-state index contributed by atoms with van der Waals surface area (Å²) in [4.78, 5) is 11.5. The molecule has 0 fully saturated rings. The lowest BCUT2D eigenvalue weighted by molar-refractivity contribution is 0.632. The minimum Gasteiger partial charge on any atom is -0.310 e. The van der Waals surface area contributed by atoms with Crippen molar-refractivity contribution in [2.75, 3.05) is 4.90 Å². The summed E-state index contributed by atoms with van der Waals surface area (Å²) in [5.74, 6) is 0. The smallest absolute Gasteiger partial charge is 0.0702 e. The van der Waals surface area contributed by atoms with E-state index in [9.17, 15) is 0 Å². The Morgan fingerprint density at radius 1 is 0.526 bits per heavy atom. The molecule has 3 nitrogen and oxygen atoms in total. The molecule has 2 aromatic heterocycles. The van der Waals surface area contributed by atoms with Crippen molar-refractivity contribution in [2.45, 2.75) is 45.4 Å². The van der Waals surface area contributed by atoms with Crippen molar-refractivity contribution in [2.24, 2.45) is 0 Å². The van der Waals surface area contributed by atoms with E-state index in [1.165, 1.54) is 37.7 Å². The van der Waals surface area contributed by atoms with Crippen LogP contribution in [0, 0.1) is 0 Å². The number of nitrogens with zero attached hydrogens (tertiary/aromatic N) is 3. The standard InChI is InChI=1S/C35H35N3/c1-2-3-4-5-6-13-28-20-22-31(23-21-28)38(32-16-11-14-29(26-32)34-18-7-9-24-36-34)33-17-12-15-30(27-33)35-19-8-10-25-37-35/h7-12,14-27H,2-6,13H2,1H3. The van der Waals surface area contributed by atoms with Gasteiger partial charge in [-0.1, -0.05) is 81.1 Å². The van der Waals surface area contributed by atoms with Gasteiger partial charge in [-0.3, -0.25) is 9.97 Å². The van der Waals surface area contributed by atoms with Gasteiger partial charge in [0.05, 0.1) is 11.4 Å². The number of aryl methyl sites for hydroxylation is 1. The van der Waals surface area contributed by atoms with Crippen molar-refractivity contribution in [3.63, 3.8) is 0 Å². The maximum atomic E-state index is 4.58. The fraction of sp³-hybridized carbons (Fsp3) is 0.200. The molecule has 0 amide bonds. The highest BCUT2D eigenvalue weighted by molar-refractivity contribution is 5.81. The molecule has 0 N–H and O–H groups in total. The first kappa shape index (κ1) is 25.4. The highest BCUT2D eigenvalue weighted by Crippen LogP contribution is 2.37. The van der Waals surface area contributed by atoms with Crippen LogP contribution < -0.4 is 4.90 Å². The van der Waals surface area contributed by atoms with Gasteiger partial charge < -0.3 is 4.90 Å². The Bertz CT molecular complexity index is 1330. The topological polar surface area (TPSA) is 29.0 Å². The van der Waals surface area contributed by atoms with Crippen molar-refractivity contribution >= 4 is 17.1 Å². The summed E-state index contributed by atoms with van der Waals surface area (Å²) in [5.41, 5.74) is 8.85. The molecule has 0 saturated carbocycles. The highest BCUT2D eigenvalue weighted by Gasteiger charge is 2.15. The Balaban J connectivity index is 1.50. The zero-order chi connectivity index (χ0) is 26.0. The second-order valence-corrected chi connectivity index (χ2v) is 9.70. The van der Waals surface area contributed by atoms with Crippen molar-refractivity contribution in [3.8, 4) is 22.5 Å². The predicted molar refractivity (Wildman–Crippen MR) is 160 cm³/mol. The molecule has 0 atom stereocenters. The van der Waals surface area contributed by atoms with Crippen LogP contribution in [0.5, 0.6) is 0 Å². The van der Waals surface area contributed by atoms with Gasteiger partial charge in [0.15, 0.2) is 0 Å². The average molecular weight is 498 g/mol. The number of rotatable bonds is 11. The maximum absolute atomic E-state index is 4.58. The van der Waals surface area contributed by atoms with Gasteiger partial charge in [-0.05, 0) is 79.1 Å². The summed E-state index contributed by atoms with van der Waals surface area (Å²) in [7, 11) is 0. The highest BCUT2D eigenvalue weighted by atomic mass is 15.1. The predicted octanol–water partition coefficient (Wildman–Crippen LogP) is 9.79. The van der Waals surface area contributed by atoms with Gasteiger partial charge in [-0.25, -0.2) is 0 Å². The molecule has 2 heterocycles. The molecule has 0 bridgehead atoms. The Morgan fingerprint density at radius 2 is 1.11 bits per heavy atom. The lowest BCUT2D eigenvalue weighted by Gasteiger charge is -2.26. The minimum atomic E-state index is 0.968. The molecule has 0 radical (unpaired) electrons. The van der Waals surface area contributed by atoms with Crippen LogP contribution in [0.4, 0.5) is 17.1 Å². The van der Waals surface area contributed by atoms with Crippen molar-refractivity contribution in [3.05, 3.63) is 127 Å². The Labute approximate surface area is 226 Å². The minimum absolute atomic E-state index is 0.968. The van der Waals surface area contributed by atoms with E-state index in [2.05, 4.69) is 107 Å². The largest absolute Gasteiger partial charge is 0.310 e. The van der Waals surface area contributed by atoms with Gasteiger partial charge in [0.25, 0.3) is 0 Å². The monoisotopic (exact) mass is 497 g/mol. The number of anilines is 3. The van der Waals surface area contributed by atoms with E-state index in [1.807, 2.05) is 36.7 Å². The van der Waals surface area contributed by atoms with Crippen molar-refractivity contribution in [1.29, 1.82) is 0 Å². The van der Waals surface area contributed by atoms with Gasteiger partial charge in [0, 0.05) is 40.6 Å². The Hall–Kier alpha value is -4.24. The molecule has 3 aromatic carbocycles. The second kappa shape index (κ2) is 12.8. The third kappa shape index (κ3) is 6.36. The number of unbranched alkanes of at least 4 members (excludes halogenated alkanes) is 4. The first-order chi connectivity index (χ1) is 18.8. The molecule has 38 heavy (non-hydrogen) atoms. The lowest BCUT2D eigenvalue weighted by atomic mass is 10.0. The van der Waals surface area contributed by atoms with Crippen LogP contribution in [-0.2, 0) is 6.42 Å². The van der Waals surface area contributed by atoms with E-state index in [4.69, 9.17) is 0 Å². The zero-order valence-corrected chi connectivity index (χ0v) is 22.1. The van der Waals surface area contributed by atoms with Crippen molar-refractivity contribution < 1.29 is 0 Å². The van der Waals surface area contributed by atoms with Gasteiger partial charge in [0.2, 0.25) is 0 Å². The van der Waals surface area contributed by atoms with Gasteiger partial charge >= 0.3 is 0 Å². The number of pyridine rings is 2. The van der Waals surface area contributed by atoms with E-state index in [0.29, 0.717) is 0 Å². The third-order valence-corrected chi connectivity index (χ3v) is 6.89. The summed E-state index contributed by atoms with van der Waals surface area (Å²) in [6, 6.07) is 38.4. The quantitative estimate of drug-likeness (QED) is 0.170. The SMILES string of the molecule is CCCCCCCc1ccc(N(c2cccc(-c3ccccn3)c2)c2cccc(-c3ccccn3)c2)cc1. The summed E-state index contributed by atoms with van der Waals surface area (Å²) >= 11 is 0. The third-order valence-electron chi connectivity index (χ3n) is 6.89. The zero-order valence-electron chi connectivity index (χ0n) is 22.1. The molecule has 0 saturated heterocycles. The summed E-state index contributed by atoms with van der Waals surface area (Å²) < 4.78 is 0.